The average molecular weight is 279 g/mol. The first kappa shape index (κ1) is 13.9. The van der Waals surface area contributed by atoms with Gasteiger partial charge in [0.05, 0.1) is 18.7 Å². The molecule has 1 aromatic carbocycles. The summed E-state index contributed by atoms with van der Waals surface area (Å²) in [5, 5.41) is 12.6. The van der Waals surface area contributed by atoms with Crippen molar-refractivity contribution < 1.29 is 9.53 Å². The van der Waals surface area contributed by atoms with Crippen LogP contribution in [0.2, 0.25) is 5.02 Å². The maximum Gasteiger partial charge on any atom is 0.338 e. The van der Waals surface area contributed by atoms with E-state index in [1.54, 1.807) is 12.1 Å². The van der Waals surface area contributed by atoms with E-state index in [0.29, 0.717) is 17.0 Å². The molecule has 19 heavy (non-hydrogen) atoms. The molecule has 2 rings (SSSR count). The van der Waals surface area contributed by atoms with Gasteiger partial charge in [0.15, 0.2) is 0 Å². The molecular weight excluding hydrogens is 264 g/mol. The van der Waals surface area contributed by atoms with Gasteiger partial charge in [0.1, 0.15) is 0 Å². The van der Waals surface area contributed by atoms with Crippen LogP contribution in [0.4, 0.5) is 0 Å². The zero-order chi connectivity index (χ0) is 13.8. The molecule has 1 aliphatic heterocycles. The molecule has 1 saturated heterocycles. The van der Waals surface area contributed by atoms with E-state index in [1.165, 1.54) is 7.11 Å². The fourth-order valence-corrected chi connectivity index (χ4v) is 2.74. The molecule has 0 radical (unpaired) electrons. The number of esters is 1. The fourth-order valence-electron chi connectivity index (χ4n) is 2.57. The molecular formula is C14H15ClN2O2. The third-order valence-corrected chi connectivity index (χ3v) is 3.75. The lowest BCUT2D eigenvalue weighted by Crippen LogP contribution is -2.15. The molecule has 4 nitrogen and oxygen atoms in total. The van der Waals surface area contributed by atoms with Crippen LogP contribution in [-0.2, 0) is 4.74 Å². The van der Waals surface area contributed by atoms with Crippen LogP contribution < -0.4 is 5.32 Å². The summed E-state index contributed by atoms with van der Waals surface area (Å²) in [6.07, 6.45) is 0.473. The molecule has 2 unspecified atom stereocenters. The predicted octanol–water partition coefficient (Wildman–Crippen LogP) is 2.34. The molecule has 0 aliphatic carbocycles. The molecule has 1 aromatic rings. The highest BCUT2D eigenvalue weighted by molar-refractivity contribution is 6.31. The highest BCUT2D eigenvalue weighted by Gasteiger charge is 2.31. The second-order valence-corrected chi connectivity index (χ2v) is 5.05. The van der Waals surface area contributed by atoms with Crippen molar-refractivity contribution >= 4 is 17.6 Å². The van der Waals surface area contributed by atoms with E-state index in [2.05, 4.69) is 11.4 Å². The number of carbonyl (C=O) groups excluding carboxylic acids is 1. The van der Waals surface area contributed by atoms with Gasteiger partial charge >= 0.3 is 5.97 Å². The Labute approximate surface area is 117 Å². The quantitative estimate of drug-likeness (QED) is 0.862. The molecule has 1 aliphatic rings. The van der Waals surface area contributed by atoms with Gasteiger partial charge in [-0.2, -0.15) is 5.26 Å². The van der Waals surface area contributed by atoms with Crippen molar-refractivity contribution in [3.05, 3.63) is 34.3 Å². The zero-order valence-corrected chi connectivity index (χ0v) is 11.4. The van der Waals surface area contributed by atoms with Gasteiger partial charge in [-0.05, 0) is 30.2 Å². The number of rotatable bonds is 3. The second kappa shape index (κ2) is 6.05. The molecule has 0 bridgehead atoms. The normalized spacial score (nSPS) is 21.9. The van der Waals surface area contributed by atoms with E-state index in [1.807, 2.05) is 6.07 Å². The minimum absolute atomic E-state index is 0.144. The molecule has 0 saturated carbocycles. The Morgan fingerprint density at radius 1 is 1.58 bits per heavy atom. The number of carbonyl (C=O) groups is 1. The minimum Gasteiger partial charge on any atom is -0.465 e. The Morgan fingerprint density at radius 2 is 2.37 bits per heavy atom. The molecule has 0 spiro atoms. The van der Waals surface area contributed by atoms with Gasteiger partial charge in [0, 0.05) is 23.9 Å². The first-order valence-electron chi connectivity index (χ1n) is 6.12. The molecule has 100 valence electrons. The Bertz CT molecular complexity index is 525. The lowest BCUT2D eigenvalue weighted by Gasteiger charge is -2.19. The van der Waals surface area contributed by atoms with E-state index in [-0.39, 0.29) is 17.8 Å². The largest absolute Gasteiger partial charge is 0.465 e. The van der Waals surface area contributed by atoms with E-state index in [0.717, 1.165) is 18.7 Å². The number of nitrogens with one attached hydrogen (secondary N) is 1. The van der Waals surface area contributed by atoms with Gasteiger partial charge in [0.2, 0.25) is 0 Å². The Kier molecular flexibility index (Phi) is 4.41. The van der Waals surface area contributed by atoms with Crippen LogP contribution in [0.3, 0.4) is 0 Å². The van der Waals surface area contributed by atoms with Gasteiger partial charge in [-0.25, -0.2) is 4.79 Å². The summed E-state index contributed by atoms with van der Waals surface area (Å²) in [7, 11) is 1.35. The third-order valence-electron chi connectivity index (χ3n) is 3.51. The number of nitriles is 1. The minimum atomic E-state index is -0.389. The van der Waals surface area contributed by atoms with Crippen LogP contribution >= 0.6 is 11.6 Å². The summed E-state index contributed by atoms with van der Waals surface area (Å²) < 4.78 is 4.80. The summed E-state index contributed by atoms with van der Waals surface area (Å²) in [6, 6.07) is 7.46. The molecule has 1 N–H and O–H groups in total. The van der Waals surface area contributed by atoms with Gasteiger partial charge in [0.25, 0.3) is 0 Å². The molecule has 0 aromatic heterocycles. The van der Waals surface area contributed by atoms with Gasteiger partial charge in [-0.3, -0.25) is 0 Å². The van der Waals surface area contributed by atoms with Crippen LogP contribution in [-0.4, -0.2) is 26.2 Å². The number of benzene rings is 1. The highest BCUT2D eigenvalue weighted by Crippen LogP contribution is 2.33. The van der Waals surface area contributed by atoms with Crippen LogP contribution in [0.5, 0.6) is 0 Å². The SMILES string of the molecule is COC(=O)c1cc(Cl)ccc1C1CNCC1CC#N. The first-order chi connectivity index (χ1) is 9.17. The number of methoxy groups -OCH3 is 1. The summed E-state index contributed by atoms with van der Waals surface area (Å²) in [6.45, 7) is 1.55. The van der Waals surface area contributed by atoms with E-state index < -0.39 is 0 Å². The number of nitrogens with zero attached hydrogens (tertiary/aromatic N) is 1. The number of hydrogen-bond donors (Lipinski definition) is 1. The summed E-state index contributed by atoms with van der Waals surface area (Å²) in [4.78, 5) is 11.8. The monoisotopic (exact) mass is 278 g/mol. The van der Waals surface area contributed by atoms with Gasteiger partial charge < -0.3 is 10.1 Å². The number of hydrogen-bond acceptors (Lipinski definition) is 4. The van der Waals surface area contributed by atoms with Crippen molar-refractivity contribution in [3.63, 3.8) is 0 Å². The first-order valence-corrected chi connectivity index (χ1v) is 6.50. The lowest BCUT2D eigenvalue weighted by molar-refractivity contribution is 0.0598. The fraction of sp³-hybridized carbons (Fsp3) is 0.429. The second-order valence-electron chi connectivity index (χ2n) is 4.61. The maximum absolute atomic E-state index is 11.8. The van der Waals surface area contributed by atoms with Crippen LogP contribution in [0.15, 0.2) is 18.2 Å². The van der Waals surface area contributed by atoms with Crippen molar-refractivity contribution in [2.75, 3.05) is 20.2 Å². The van der Waals surface area contributed by atoms with Crippen LogP contribution in [0, 0.1) is 17.2 Å². The standard InChI is InChI=1S/C14H15ClN2O2/c1-19-14(18)12-6-10(15)2-3-11(12)13-8-17-7-9(13)4-5-16/h2-3,6,9,13,17H,4,7-8H2,1H3. The Morgan fingerprint density at radius 3 is 3.05 bits per heavy atom. The van der Waals surface area contributed by atoms with Crippen LogP contribution in [0.25, 0.3) is 0 Å². The van der Waals surface area contributed by atoms with Crippen molar-refractivity contribution in [1.29, 1.82) is 5.26 Å². The zero-order valence-electron chi connectivity index (χ0n) is 10.6. The van der Waals surface area contributed by atoms with E-state index >= 15 is 0 Å². The highest BCUT2D eigenvalue weighted by atomic mass is 35.5. The molecule has 5 heteroatoms. The predicted molar refractivity (Wildman–Crippen MR) is 72.1 cm³/mol. The van der Waals surface area contributed by atoms with Crippen molar-refractivity contribution in [2.24, 2.45) is 5.92 Å². The van der Waals surface area contributed by atoms with E-state index in [9.17, 15) is 4.79 Å². The smallest absolute Gasteiger partial charge is 0.338 e. The maximum atomic E-state index is 11.8. The summed E-state index contributed by atoms with van der Waals surface area (Å²) in [5.41, 5.74) is 1.40. The molecule has 2 atom stereocenters. The number of halogens is 1. The Balaban J connectivity index is 2.38. The summed E-state index contributed by atoms with van der Waals surface area (Å²) in [5.74, 6) is -0.0271. The lowest BCUT2D eigenvalue weighted by atomic mass is 9.84. The average Bonchev–Trinajstić information content (AvgIpc) is 2.86. The van der Waals surface area contributed by atoms with Crippen molar-refractivity contribution in [3.8, 4) is 6.07 Å². The third kappa shape index (κ3) is 2.89. The van der Waals surface area contributed by atoms with Crippen LogP contribution in [0.1, 0.15) is 28.3 Å². The number of ether oxygens (including phenoxy) is 1. The van der Waals surface area contributed by atoms with Crippen molar-refractivity contribution in [2.45, 2.75) is 12.3 Å². The Hall–Kier alpha value is -1.57. The topological polar surface area (TPSA) is 62.1 Å². The molecule has 1 fully saturated rings. The van der Waals surface area contributed by atoms with E-state index in [4.69, 9.17) is 21.6 Å². The summed E-state index contributed by atoms with van der Waals surface area (Å²) >= 11 is 5.95. The van der Waals surface area contributed by atoms with Gasteiger partial charge in [-0.1, -0.05) is 17.7 Å². The molecule has 1 heterocycles. The van der Waals surface area contributed by atoms with Gasteiger partial charge in [-0.15, -0.1) is 0 Å². The molecule has 0 amide bonds. The van der Waals surface area contributed by atoms with Crippen molar-refractivity contribution in [1.82, 2.24) is 5.32 Å².